The number of hydrogen-bond donors (Lipinski definition) is 1. The van der Waals surface area contributed by atoms with Gasteiger partial charge in [0.2, 0.25) is 0 Å². The highest BCUT2D eigenvalue weighted by Crippen LogP contribution is 2.17. The second kappa shape index (κ2) is 6.86. The minimum Gasteiger partial charge on any atom is -0.309 e. The first kappa shape index (κ1) is 12.5. The number of nitrogens with one attached hydrogen (secondary N) is 1. The van der Waals surface area contributed by atoms with Crippen LogP contribution in [0.3, 0.4) is 0 Å². The van der Waals surface area contributed by atoms with Gasteiger partial charge in [0, 0.05) is 16.0 Å². The number of hydrogen-bond acceptors (Lipinski definition) is 1. The van der Waals surface area contributed by atoms with Crippen LogP contribution < -0.4 is 5.32 Å². The normalized spacial score (nSPS) is 11.7. The van der Waals surface area contributed by atoms with E-state index in [1.807, 2.05) is 6.92 Å². The Morgan fingerprint density at radius 1 is 1.33 bits per heavy atom. The molecule has 0 saturated carbocycles. The summed E-state index contributed by atoms with van der Waals surface area (Å²) in [6.45, 7) is 4.98. The Balaban J connectivity index is 2.76. The van der Waals surface area contributed by atoms with E-state index in [0.29, 0.717) is 6.04 Å². The molecule has 1 nitrogen and oxygen atoms in total. The van der Waals surface area contributed by atoms with Crippen LogP contribution in [-0.4, -0.2) is 6.54 Å². The van der Waals surface area contributed by atoms with Crippen molar-refractivity contribution in [1.82, 2.24) is 5.32 Å². The van der Waals surface area contributed by atoms with E-state index < -0.39 is 0 Å². The van der Waals surface area contributed by atoms with Crippen LogP contribution in [0.1, 0.15) is 31.9 Å². The quantitative estimate of drug-likeness (QED) is 0.664. The zero-order valence-corrected chi connectivity index (χ0v) is 11.3. The second-order valence-corrected chi connectivity index (χ2v) is 4.54. The van der Waals surface area contributed by atoms with Crippen LogP contribution in [0.4, 0.5) is 0 Å². The Labute approximate surface area is 106 Å². The fourth-order valence-corrected chi connectivity index (χ4v) is 1.81. The molecule has 0 aliphatic carbocycles. The Bertz CT molecular complexity index is 345. The van der Waals surface area contributed by atoms with Gasteiger partial charge in [-0.1, -0.05) is 19.1 Å². The molecular formula is C13H16IN. The topological polar surface area (TPSA) is 12.0 Å². The number of halogens is 1. The maximum atomic E-state index is 3.45. The van der Waals surface area contributed by atoms with Crippen molar-refractivity contribution in [1.29, 1.82) is 0 Å². The number of rotatable bonds is 4. The minimum absolute atomic E-state index is 0.361. The average Bonchev–Trinajstić information content (AvgIpc) is 2.25. The Morgan fingerprint density at radius 2 is 2.00 bits per heavy atom. The third-order valence-electron chi connectivity index (χ3n) is 2.21. The molecule has 0 spiro atoms. The van der Waals surface area contributed by atoms with Crippen molar-refractivity contribution in [3.8, 4) is 11.8 Å². The second-order valence-electron chi connectivity index (χ2n) is 3.29. The van der Waals surface area contributed by atoms with Gasteiger partial charge in [-0.15, -0.1) is 11.8 Å². The van der Waals surface area contributed by atoms with Crippen molar-refractivity contribution >= 4 is 22.6 Å². The first-order valence-electron chi connectivity index (χ1n) is 5.16. The van der Waals surface area contributed by atoms with Gasteiger partial charge in [0.15, 0.2) is 0 Å². The smallest absolute Gasteiger partial charge is 0.0430 e. The van der Waals surface area contributed by atoms with Gasteiger partial charge < -0.3 is 5.32 Å². The van der Waals surface area contributed by atoms with E-state index in [4.69, 9.17) is 0 Å². The fraction of sp³-hybridized carbons (Fsp3) is 0.385. The van der Waals surface area contributed by atoms with Crippen molar-refractivity contribution < 1.29 is 0 Å². The molecule has 1 atom stereocenters. The zero-order chi connectivity index (χ0) is 11.1. The summed E-state index contributed by atoms with van der Waals surface area (Å²) in [5.41, 5.74) is 1.32. The van der Waals surface area contributed by atoms with Gasteiger partial charge in [-0.3, -0.25) is 0 Å². The lowest BCUT2D eigenvalue weighted by atomic mass is 10.0. The molecule has 2 heteroatoms. The van der Waals surface area contributed by atoms with E-state index in [9.17, 15) is 0 Å². The SMILES string of the molecule is CC#CCC(NCC)c1ccc(I)cc1. The molecule has 0 radical (unpaired) electrons. The maximum Gasteiger partial charge on any atom is 0.0430 e. The third-order valence-corrected chi connectivity index (χ3v) is 2.93. The molecule has 80 valence electrons. The van der Waals surface area contributed by atoms with Gasteiger partial charge in [-0.2, -0.15) is 0 Å². The van der Waals surface area contributed by atoms with Crippen molar-refractivity contribution in [3.05, 3.63) is 33.4 Å². The summed E-state index contributed by atoms with van der Waals surface area (Å²) >= 11 is 2.32. The largest absolute Gasteiger partial charge is 0.309 e. The lowest BCUT2D eigenvalue weighted by Gasteiger charge is -2.15. The highest BCUT2D eigenvalue weighted by molar-refractivity contribution is 14.1. The van der Waals surface area contributed by atoms with E-state index in [-0.39, 0.29) is 0 Å². The van der Waals surface area contributed by atoms with E-state index >= 15 is 0 Å². The highest BCUT2D eigenvalue weighted by Gasteiger charge is 2.07. The molecule has 15 heavy (non-hydrogen) atoms. The van der Waals surface area contributed by atoms with Crippen LogP contribution in [0.15, 0.2) is 24.3 Å². The summed E-state index contributed by atoms with van der Waals surface area (Å²) in [4.78, 5) is 0. The predicted octanol–water partition coefficient (Wildman–Crippen LogP) is 3.36. The van der Waals surface area contributed by atoms with Gasteiger partial charge in [-0.05, 0) is 53.8 Å². The lowest BCUT2D eigenvalue weighted by molar-refractivity contribution is 0.565. The van der Waals surface area contributed by atoms with E-state index in [1.165, 1.54) is 9.13 Å². The van der Waals surface area contributed by atoms with Gasteiger partial charge in [0.1, 0.15) is 0 Å². The first-order valence-corrected chi connectivity index (χ1v) is 6.24. The molecule has 1 N–H and O–H groups in total. The summed E-state index contributed by atoms with van der Waals surface area (Å²) < 4.78 is 1.27. The molecular weight excluding hydrogens is 297 g/mol. The molecule has 0 aliphatic rings. The molecule has 1 rings (SSSR count). The lowest BCUT2D eigenvalue weighted by Crippen LogP contribution is -2.20. The van der Waals surface area contributed by atoms with Crippen LogP contribution in [0, 0.1) is 15.4 Å². The summed E-state index contributed by atoms with van der Waals surface area (Å²) in [7, 11) is 0. The molecule has 0 bridgehead atoms. The molecule has 0 heterocycles. The van der Waals surface area contributed by atoms with Crippen LogP contribution in [0.25, 0.3) is 0 Å². The Kier molecular flexibility index (Phi) is 5.74. The van der Waals surface area contributed by atoms with Crippen LogP contribution in [-0.2, 0) is 0 Å². The zero-order valence-electron chi connectivity index (χ0n) is 9.18. The molecule has 1 unspecified atom stereocenters. The molecule has 0 saturated heterocycles. The summed E-state index contributed by atoms with van der Waals surface area (Å²) in [6.07, 6.45) is 0.880. The molecule has 1 aromatic carbocycles. The van der Waals surface area contributed by atoms with E-state index in [0.717, 1.165) is 13.0 Å². The van der Waals surface area contributed by atoms with Crippen molar-refractivity contribution in [2.24, 2.45) is 0 Å². The monoisotopic (exact) mass is 313 g/mol. The summed E-state index contributed by atoms with van der Waals surface area (Å²) in [5.74, 6) is 6.08. The highest BCUT2D eigenvalue weighted by atomic mass is 127. The van der Waals surface area contributed by atoms with Crippen LogP contribution >= 0.6 is 22.6 Å². The van der Waals surface area contributed by atoms with Gasteiger partial charge in [-0.25, -0.2) is 0 Å². The average molecular weight is 313 g/mol. The first-order chi connectivity index (χ1) is 7.27. The molecule has 0 aromatic heterocycles. The number of benzene rings is 1. The molecule has 0 aliphatic heterocycles. The van der Waals surface area contributed by atoms with E-state index in [2.05, 4.69) is 70.9 Å². The molecule has 0 amide bonds. The van der Waals surface area contributed by atoms with Crippen molar-refractivity contribution in [3.63, 3.8) is 0 Å². The van der Waals surface area contributed by atoms with Crippen LogP contribution in [0.5, 0.6) is 0 Å². The maximum absolute atomic E-state index is 3.45. The third kappa shape index (κ3) is 4.23. The standard InChI is InChI=1S/C13H16IN/c1-3-5-6-13(15-4-2)11-7-9-12(14)10-8-11/h7-10,13,15H,4,6H2,1-2H3. The fourth-order valence-electron chi connectivity index (χ4n) is 1.45. The predicted molar refractivity (Wildman–Crippen MR) is 73.6 cm³/mol. The molecule has 1 aromatic rings. The Hall–Kier alpha value is -0.530. The van der Waals surface area contributed by atoms with Crippen LogP contribution in [0.2, 0.25) is 0 Å². The van der Waals surface area contributed by atoms with Crippen molar-refractivity contribution in [2.45, 2.75) is 26.3 Å². The van der Waals surface area contributed by atoms with Gasteiger partial charge >= 0.3 is 0 Å². The Morgan fingerprint density at radius 3 is 2.53 bits per heavy atom. The van der Waals surface area contributed by atoms with Gasteiger partial charge in [0.25, 0.3) is 0 Å². The van der Waals surface area contributed by atoms with Crippen molar-refractivity contribution in [2.75, 3.05) is 6.54 Å². The van der Waals surface area contributed by atoms with E-state index in [1.54, 1.807) is 0 Å². The molecule has 0 fully saturated rings. The summed E-state index contributed by atoms with van der Waals surface area (Å²) in [6, 6.07) is 8.98. The van der Waals surface area contributed by atoms with Gasteiger partial charge in [0.05, 0.1) is 0 Å². The summed E-state index contributed by atoms with van der Waals surface area (Å²) in [5, 5.41) is 3.45. The minimum atomic E-state index is 0.361.